The quantitative estimate of drug-likeness (QED) is 0.445. The summed E-state index contributed by atoms with van der Waals surface area (Å²) < 4.78 is 9.36. The van der Waals surface area contributed by atoms with Crippen molar-refractivity contribution in [1.82, 2.24) is 0 Å². The van der Waals surface area contributed by atoms with Gasteiger partial charge in [-0.2, -0.15) is 5.26 Å². The molecule has 14 heavy (non-hydrogen) atoms. The van der Waals surface area contributed by atoms with Gasteiger partial charge in [-0.1, -0.05) is 0 Å². The third-order valence-corrected chi connectivity index (χ3v) is 2.29. The van der Waals surface area contributed by atoms with Crippen molar-refractivity contribution < 1.29 is 19.1 Å². The number of nitrogens with zero attached hydrogens (tertiary/aromatic N) is 1. The van der Waals surface area contributed by atoms with E-state index in [1.807, 2.05) is 6.07 Å². The SMILES string of the molecule is COC(=O)C1C(=O)OC(C)(C)C1C#N. The van der Waals surface area contributed by atoms with Crippen molar-refractivity contribution in [2.45, 2.75) is 19.4 Å². The van der Waals surface area contributed by atoms with Crippen LogP contribution in [0.5, 0.6) is 0 Å². The average molecular weight is 197 g/mol. The molecule has 0 N–H and O–H groups in total. The van der Waals surface area contributed by atoms with Crippen LogP contribution in [0.15, 0.2) is 0 Å². The maximum Gasteiger partial charge on any atom is 0.322 e. The van der Waals surface area contributed by atoms with Crippen LogP contribution in [0.25, 0.3) is 0 Å². The molecule has 0 spiro atoms. The van der Waals surface area contributed by atoms with Gasteiger partial charge in [0.15, 0.2) is 5.92 Å². The number of nitriles is 1. The number of hydrogen-bond donors (Lipinski definition) is 0. The van der Waals surface area contributed by atoms with E-state index in [0.29, 0.717) is 0 Å². The third-order valence-electron chi connectivity index (χ3n) is 2.29. The molecule has 1 fully saturated rings. The Hall–Kier alpha value is -1.57. The first kappa shape index (κ1) is 10.5. The molecule has 1 rings (SSSR count). The van der Waals surface area contributed by atoms with E-state index >= 15 is 0 Å². The first-order valence-electron chi connectivity index (χ1n) is 4.14. The minimum Gasteiger partial charge on any atom is -0.468 e. The predicted molar refractivity (Wildman–Crippen MR) is 44.8 cm³/mol. The highest BCUT2D eigenvalue weighted by Gasteiger charge is 2.54. The lowest BCUT2D eigenvalue weighted by Crippen LogP contribution is -2.32. The molecule has 0 amide bonds. The number of hydrogen-bond acceptors (Lipinski definition) is 5. The van der Waals surface area contributed by atoms with E-state index < -0.39 is 29.4 Å². The van der Waals surface area contributed by atoms with Crippen molar-refractivity contribution in [3.05, 3.63) is 0 Å². The van der Waals surface area contributed by atoms with Gasteiger partial charge in [-0.3, -0.25) is 9.59 Å². The molecule has 0 aromatic rings. The maximum absolute atomic E-state index is 11.3. The van der Waals surface area contributed by atoms with Crippen LogP contribution >= 0.6 is 0 Å². The predicted octanol–water partition coefficient (Wildman–Crippen LogP) is 0.251. The molecule has 1 aliphatic rings. The Morgan fingerprint density at radius 1 is 1.64 bits per heavy atom. The molecule has 1 saturated heterocycles. The van der Waals surface area contributed by atoms with Crippen LogP contribution in [-0.4, -0.2) is 24.6 Å². The largest absolute Gasteiger partial charge is 0.468 e. The second-order valence-corrected chi connectivity index (χ2v) is 3.63. The Labute approximate surface area is 81.6 Å². The van der Waals surface area contributed by atoms with Crippen molar-refractivity contribution in [3.63, 3.8) is 0 Å². The minimum absolute atomic E-state index is 0.687. The topological polar surface area (TPSA) is 76.4 Å². The second kappa shape index (κ2) is 3.29. The lowest BCUT2D eigenvalue weighted by molar-refractivity contribution is -0.156. The fourth-order valence-electron chi connectivity index (χ4n) is 1.51. The molecular weight excluding hydrogens is 186 g/mol. The highest BCUT2D eigenvalue weighted by atomic mass is 16.6. The fraction of sp³-hybridized carbons (Fsp3) is 0.667. The van der Waals surface area contributed by atoms with E-state index in [4.69, 9.17) is 10.00 Å². The summed E-state index contributed by atoms with van der Waals surface area (Å²) in [6.45, 7) is 3.20. The zero-order valence-corrected chi connectivity index (χ0v) is 8.23. The number of carbonyl (C=O) groups is 2. The smallest absolute Gasteiger partial charge is 0.322 e. The molecule has 0 saturated carbocycles. The van der Waals surface area contributed by atoms with E-state index in [1.54, 1.807) is 13.8 Å². The van der Waals surface area contributed by atoms with Gasteiger partial charge in [0.1, 0.15) is 11.5 Å². The number of cyclic esters (lactones) is 1. The molecule has 0 radical (unpaired) electrons. The van der Waals surface area contributed by atoms with Crippen molar-refractivity contribution in [2.24, 2.45) is 11.8 Å². The Kier molecular flexibility index (Phi) is 2.47. The summed E-state index contributed by atoms with van der Waals surface area (Å²) in [6, 6.07) is 1.90. The van der Waals surface area contributed by atoms with Crippen molar-refractivity contribution >= 4 is 11.9 Å². The van der Waals surface area contributed by atoms with Crippen LogP contribution < -0.4 is 0 Å². The third kappa shape index (κ3) is 1.43. The minimum atomic E-state index is -1.11. The molecule has 5 heteroatoms. The molecular formula is C9H11NO4. The number of rotatable bonds is 1. The van der Waals surface area contributed by atoms with Gasteiger partial charge in [-0.25, -0.2) is 0 Å². The number of esters is 2. The highest BCUT2D eigenvalue weighted by molar-refractivity contribution is 5.97. The van der Waals surface area contributed by atoms with Crippen LogP contribution in [0.2, 0.25) is 0 Å². The molecule has 2 unspecified atom stereocenters. The fourth-order valence-corrected chi connectivity index (χ4v) is 1.51. The standard InChI is InChI=1S/C9H11NO4/c1-9(2)5(4-10)6(7(11)13-3)8(12)14-9/h5-6H,1-3H3. The summed E-state index contributed by atoms with van der Waals surface area (Å²) in [4.78, 5) is 22.5. The Morgan fingerprint density at radius 2 is 2.21 bits per heavy atom. The lowest BCUT2D eigenvalue weighted by atomic mass is 9.84. The molecule has 0 aromatic carbocycles. The first-order chi connectivity index (χ1) is 6.44. The molecule has 2 atom stereocenters. The van der Waals surface area contributed by atoms with E-state index in [9.17, 15) is 9.59 Å². The van der Waals surface area contributed by atoms with Crippen molar-refractivity contribution in [1.29, 1.82) is 5.26 Å². The van der Waals surface area contributed by atoms with Gasteiger partial charge in [0.05, 0.1) is 13.2 Å². The maximum atomic E-state index is 11.3. The number of ether oxygens (including phenoxy) is 2. The Balaban J connectivity index is 3.02. The van der Waals surface area contributed by atoms with Crippen LogP contribution in [0.4, 0.5) is 0 Å². The van der Waals surface area contributed by atoms with E-state index in [0.717, 1.165) is 0 Å². The molecule has 76 valence electrons. The molecule has 5 nitrogen and oxygen atoms in total. The van der Waals surface area contributed by atoms with Gasteiger partial charge < -0.3 is 9.47 Å². The highest BCUT2D eigenvalue weighted by Crippen LogP contribution is 2.37. The summed E-state index contributed by atoms with van der Waals surface area (Å²) in [5.41, 5.74) is -0.926. The van der Waals surface area contributed by atoms with Crippen molar-refractivity contribution in [2.75, 3.05) is 7.11 Å². The summed E-state index contributed by atoms with van der Waals surface area (Å²) in [7, 11) is 1.18. The van der Waals surface area contributed by atoms with Crippen LogP contribution in [0, 0.1) is 23.2 Å². The van der Waals surface area contributed by atoms with Gasteiger partial charge in [0.25, 0.3) is 0 Å². The van der Waals surface area contributed by atoms with Gasteiger partial charge in [0.2, 0.25) is 0 Å². The lowest BCUT2D eigenvalue weighted by Gasteiger charge is -2.19. The van der Waals surface area contributed by atoms with E-state index in [2.05, 4.69) is 4.74 Å². The van der Waals surface area contributed by atoms with Gasteiger partial charge >= 0.3 is 11.9 Å². The summed E-state index contributed by atoms with van der Waals surface area (Å²) >= 11 is 0. The average Bonchev–Trinajstić information content (AvgIpc) is 2.33. The Bertz CT molecular complexity index is 315. The second-order valence-electron chi connectivity index (χ2n) is 3.63. The number of carbonyl (C=O) groups excluding carboxylic acids is 2. The zero-order valence-electron chi connectivity index (χ0n) is 8.23. The van der Waals surface area contributed by atoms with Gasteiger partial charge in [0, 0.05) is 0 Å². The molecule has 1 aliphatic heterocycles. The van der Waals surface area contributed by atoms with E-state index in [-0.39, 0.29) is 0 Å². The monoisotopic (exact) mass is 197 g/mol. The van der Waals surface area contributed by atoms with Crippen molar-refractivity contribution in [3.8, 4) is 6.07 Å². The van der Waals surface area contributed by atoms with E-state index in [1.165, 1.54) is 7.11 Å². The molecule has 0 bridgehead atoms. The van der Waals surface area contributed by atoms with Crippen LogP contribution in [-0.2, 0) is 19.1 Å². The summed E-state index contributed by atoms with van der Waals surface area (Å²) in [5.74, 6) is -3.30. The zero-order chi connectivity index (χ0) is 10.9. The summed E-state index contributed by atoms with van der Waals surface area (Å²) in [5, 5.41) is 8.84. The number of methoxy groups -OCH3 is 1. The molecule has 0 aliphatic carbocycles. The van der Waals surface area contributed by atoms with Gasteiger partial charge in [-0.15, -0.1) is 0 Å². The first-order valence-corrected chi connectivity index (χ1v) is 4.14. The van der Waals surface area contributed by atoms with Crippen LogP contribution in [0.1, 0.15) is 13.8 Å². The summed E-state index contributed by atoms with van der Waals surface area (Å²) in [6.07, 6.45) is 0. The Morgan fingerprint density at radius 3 is 2.64 bits per heavy atom. The normalized spacial score (nSPS) is 29.1. The van der Waals surface area contributed by atoms with Crippen LogP contribution in [0.3, 0.4) is 0 Å². The molecule has 1 heterocycles. The molecule has 0 aromatic heterocycles. The van der Waals surface area contributed by atoms with Gasteiger partial charge in [-0.05, 0) is 13.8 Å².